The predicted molar refractivity (Wildman–Crippen MR) is 30.2 cm³/mol. The summed E-state index contributed by atoms with van der Waals surface area (Å²) in [5, 5.41) is 5.77. The van der Waals surface area contributed by atoms with Crippen LogP contribution in [0.25, 0.3) is 0 Å². The normalized spacial score (nSPS) is 27.8. The average molecular weight is 114 g/mol. The molecule has 1 fully saturated rings. The van der Waals surface area contributed by atoms with E-state index in [1.807, 2.05) is 0 Å². The lowest BCUT2D eigenvalue weighted by Crippen LogP contribution is -2.35. The van der Waals surface area contributed by atoms with Crippen molar-refractivity contribution in [3.63, 3.8) is 0 Å². The molecule has 8 heavy (non-hydrogen) atoms. The first kappa shape index (κ1) is 5.56. The summed E-state index contributed by atoms with van der Waals surface area (Å²) in [6.45, 7) is 1.03. The molecule has 0 aromatic heterocycles. The van der Waals surface area contributed by atoms with Gasteiger partial charge in [0.05, 0.1) is 6.17 Å². The molecule has 1 heterocycles. The number of carbonyl (C=O) groups excluding carboxylic acids is 1. The lowest BCUT2D eigenvalue weighted by molar-refractivity contribution is -0.110. The predicted octanol–water partition coefficient (Wildman–Crippen LogP) is -0.558. The van der Waals surface area contributed by atoms with E-state index in [1.165, 1.54) is 6.42 Å². The van der Waals surface area contributed by atoms with Gasteiger partial charge in [0, 0.05) is 0 Å². The van der Waals surface area contributed by atoms with Gasteiger partial charge in [-0.2, -0.15) is 0 Å². The molecule has 1 aliphatic heterocycles. The molecule has 1 amide bonds. The van der Waals surface area contributed by atoms with Crippen molar-refractivity contribution in [2.45, 2.75) is 19.0 Å². The summed E-state index contributed by atoms with van der Waals surface area (Å²) in [7, 11) is 0. The van der Waals surface area contributed by atoms with Crippen molar-refractivity contribution < 1.29 is 4.79 Å². The van der Waals surface area contributed by atoms with Gasteiger partial charge in [-0.3, -0.25) is 10.1 Å². The molecule has 1 rings (SSSR count). The Bertz CT molecular complexity index is 78.5. The maximum absolute atomic E-state index is 9.81. The third-order valence-corrected chi connectivity index (χ3v) is 1.33. The van der Waals surface area contributed by atoms with Gasteiger partial charge in [0.1, 0.15) is 0 Å². The zero-order chi connectivity index (χ0) is 5.82. The Hall–Kier alpha value is -0.570. The molecule has 1 unspecified atom stereocenters. The van der Waals surface area contributed by atoms with Gasteiger partial charge < -0.3 is 5.32 Å². The van der Waals surface area contributed by atoms with E-state index in [9.17, 15) is 4.79 Å². The molecule has 1 saturated heterocycles. The van der Waals surface area contributed by atoms with E-state index >= 15 is 0 Å². The van der Waals surface area contributed by atoms with Gasteiger partial charge >= 0.3 is 0 Å². The van der Waals surface area contributed by atoms with Crippen LogP contribution in [-0.4, -0.2) is 19.1 Å². The molecule has 3 nitrogen and oxygen atoms in total. The van der Waals surface area contributed by atoms with Crippen LogP contribution in [-0.2, 0) is 4.79 Å². The molecule has 3 heteroatoms. The zero-order valence-electron chi connectivity index (χ0n) is 4.68. The Balaban J connectivity index is 2.14. The van der Waals surface area contributed by atoms with E-state index in [0.717, 1.165) is 19.4 Å². The summed E-state index contributed by atoms with van der Waals surface area (Å²) in [4.78, 5) is 9.81. The SMILES string of the molecule is O=CNC1CCCN1. The topological polar surface area (TPSA) is 41.1 Å². The van der Waals surface area contributed by atoms with Crippen LogP contribution in [0.5, 0.6) is 0 Å². The average Bonchev–Trinajstić information content (AvgIpc) is 2.19. The van der Waals surface area contributed by atoms with Gasteiger partial charge in [-0.25, -0.2) is 0 Å². The van der Waals surface area contributed by atoms with Crippen molar-refractivity contribution >= 4 is 6.41 Å². The minimum Gasteiger partial charge on any atom is -0.343 e. The Morgan fingerprint density at radius 2 is 2.62 bits per heavy atom. The summed E-state index contributed by atoms with van der Waals surface area (Å²) >= 11 is 0. The maximum atomic E-state index is 9.81. The monoisotopic (exact) mass is 114 g/mol. The van der Waals surface area contributed by atoms with Crippen LogP contribution in [0.1, 0.15) is 12.8 Å². The highest BCUT2D eigenvalue weighted by Crippen LogP contribution is 1.99. The lowest BCUT2D eigenvalue weighted by Gasteiger charge is -2.05. The molecule has 0 saturated carbocycles. The van der Waals surface area contributed by atoms with Gasteiger partial charge in [0.2, 0.25) is 6.41 Å². The molecule has 0 aliphatic carbocycles. The van der Waals surface area contributed by atoms with Gasteiger partial charge in [-0.1, -0.05) is 0 Å². The van der Waals surface area contributed by atoms with Crippen LogP contribution in [0.2, 0.25) is 0 Å². The molecule has 2 N–H and O–H groups in total. The second-order valence-corrected chi connectivity index (χ2v) is 1.93. The van der Waals surface area contributed by atoms with E-state index in [1.54, 1.807) is 0 Å². The van der Waals surface area contributed by atoms with E-state index < -0.39 is 0 Å². The fraction of sp³-hybridized carbons (Fsp3) is 0.800. The number of hydrogen-bond donors (Lipinski definition) is 2. The summed E-state index contributed by atoms with van der Waals surface area (Å²) in [6.07, 6.45) is 3.22. The number of rotatable bonds is 2. The Morgan fingerprint density at radius 3 is 3.12 bits per heavy atom. The van der Waals surface area contributed by atoms with E-state index in [-0.39, 0.29) is 6.17 Å². The van der Waals surface area contributed by atoms with Gasteiger partial charge in [0.25, 0.3) is 0 Å². The zero-order valence-corrected chi connectivity index (χ0v) is 4.68. The number of amides is 1. The van der Waals surface area contributed by atoms with E-state index in [0.29, 0.717) is 0 Å². The van der Waals surface area contributed by atoms with Gasteiger partial charge in [-0.15, -0.1) is 0 Å². The van der Waals surface area contributed by atoms with E-state index in [4.69, 9.17) is 0 Å². The fourth-order valence-corrected chi connectivity index (χ4v) is 0.909. The molecule has 0 spiro atoms. The molecule has 0 aromatic carbocycles. The van der Waals surface area contributed by atoms with Gasteiger partial charge in [0.15, 0.2) is 0 Å². The highest BCUT2D eigenvalue weighted by Gasteiger charge is 2.10. The molecule has 0 radical (unpaired) electrons. The largest absolute Gasteiger partial charge is 0.343 e. The van der Waals surface area contributed by atoms with Crippen molar-refractivity contribution in [3.05, 3.63) is 0 Å². The second kappa shape index (κ2) is 2.67. The van der Waals surface area contributed by atoms with Crippen molar-refractivity contribution in [1.29, 1.82) is 0 Å². The third kappa shape index (κ3) is 1.20. The summed E-state index contributed by atoms with van der Waals surface area (Å²) in [5.74, 6) is 0. The fourth-order valence-electron chi connectivity index (χ4n) is 0.909. The Morgan fingerprint density at radius 1 is 1.75 bits per heavy atom. The van der Waals surface area contributed by atoms with Crippen LogP contribution < -0.4 is 10.6 Å². The number of nitrogens with one attached hydrogen (secondary N) is 2. The van der Waals surface area contributed by atoms with E-state index in [2.05, 4.69) is 10.6 Å². The highest BCUT2D eigenvalue weighted by atomic mass is 16.1. The minimum atomic E-state index is 0.243. The first-order valence-corrected chi connectivity index (χ1v) is 2.86. The summed E-state index contributed by atoms with van der Waals surface area (Å²) in [5.41, 5.74) is 0. The van der Waals surface area contributed by atoms with Crippen molar-refractivity contribution in [2.75, 3.05) is 6.54 Å². The highest BCUT2D eigenvalue weighted by molar-refractivity contribution is 5.46. The third-order valence-electron chi connectivity index (χ3n) is 1.33. The van der Waals surface area contributed by atoms with Crippen molar-refractivity contribution in [3.8, 4) is 0 Å². The van der Waals surface area contributed by atoms with Crippen LogP contribution >= 0.6 is 0 Å². The van der Waals surface area contributed by atoms with Crippen LogP contribution in [0.15, 0.2) is 0 Å². The molecule has 0 bridgehead atoms. The molecule has 1 atom stereocenters. The first-order valence-electron chi connectivity index (χ1n) is 2.86. The minimum absolute atomic E-state index is 0.243. The molecular formula is C5H10N2O. The number of carbonyl (C=O) groups is 1. The summed E-state index contributed by atoms with van der Waals surface area (Å²) < 4.78 is 0. The van der Waals surface area contributed by atoms with Crippen molar-refractivity contribution in [1.82, 2.24) is 10.6 Å². The molecule has 1 aliphatic rings. The molecule has 0 aromatic rings. The smallest absolute Gasteiger partial charge is 0.208 e. The Kier molecular flexibility index (Phi) is 1.86. The standard InChI is InChI=1S/C5H10N2O/c8-4-7-5-2-1-3-6-5/h4-6H,1-3H2,(H,7,8). The summed E-state index contributed by atoms with van der Waals surface area (Å²) in [6, 6.07) is 0. The second-order valence-electron chi connectivity index (χ2n) is 1.93. The van der Waals surface area contributed by atoms with Crippen molar-refractivity contribution in [2.24, 2.45) is 0 Å². The molecular weight excluding hydrogens is 104 g/mol. The lowest BCUT2D eigenvalue weighted by atomic mass is 10.3. The Labute approximate surface area is 48.5 Å². The molecule has 46 valence electrons. The number of hydrogen-bond acceptors (Lipinski definition) is 2. The van der Waals surface area contributed by atoms with Gasteiger partial charge in [-0.05, 0) is 19.4 Å². The maximum Gasteiger partial charge on any atom is 0.208 e. The van der Waals surface area contributed by atoms with Crippen LogP contribution in [0, 0.1) is 0 Å². The quantitative estimate of drug-likeness (QED) is 0.472. The van der Waals surface area contributed by atoms with Crippen LogP contribution in [0.3, 0.4) is 0 Å². The first-order chi connectivity index (χ1) is 3.93. The van der Waals surface area contributed by atoms with Crippen LogP contribution in [0.4, 0.5) is 0 Å².